The maximum Gasteiger partial charge on any atom is 0.223 e. The highest BCUT2D eigenvalue weighted by atomic mass is 19.1. The van der Waals surface area contributed by atoms with E-state index < -0.39 is 17.5 Å². The molecule has 1 saturated heterocycles. The molecule has 1 aromatic carbocycles. The Hall–Kier alpha value is -3.47. The minimum Gasteiger partial charge on any atom is -0.494 e. The maximum atomic E-state index is 14.3. The Morgan fingerprint density at radius 2 is 2.03 bits per heavy atom. The number of nitrogens with two attached hydrogens (primary N) is 1. The van der Waals surface area contributed by atoms with Crippen LogP contribution in [0.2, 0.25) is 0 Å². The topological polar surface area (TPSA) is 120 Å². The van der Waals surface area contributed by atoms with E-state index in [1.54, 1.807) is 6.92 Å². The lowest BCUT2D eigenvalue weighted by Gasteiger charge is -2.38. The Balaban J connectivity index is 1.51. The van der Waals surface area contributed by atoms with Gasteiger partial charge in [0.2, 0.25) is 5.95 Å². The highest BCUT2D eigenvalue weighted by molar-refractivity contribution is 5.95. The van der Waals surface area contributed by atoms with Gasteiger partial charge in [0.25, 0.3) is 0 Å². The van der Waals surface area contributed by atoms with E-state index in [1.165, 1.54) is 23.8 Å². The van der Waals surface area contributed by atoms with Crippen LogP contribution in [0.1, 0.15) is 52.3 Å². The molecule has 5 rings (SSSR count). The molecule has 3 aromatic heterocycles. The van der Waals surface area contributed by atoms with Crippen LogP contribution >= 0.6 is 0 Å². The van der Waals surface area contributed by atoms with Gasteiger partial charge in [-0.25, -0.2) is 14.4 Å². The number of aliphatic hydroxyl groups is 1. The molecule has 11 heteroatoms. The number of methoxy groups -OCH3 is 1. The molecule has 4 aromatic rings. The molecular weight excluding hydrogens is 451 g/mol. The van der Waals surface area contributed by atoms with Crippen LogP contribution in [0.15, 0.2) is 24.5 Å². The third-order valence-corrected chi connectivity index (χ3v) is 7.33. The number of halogens is 1. The van der Waals surface area contributed by atoms with Crippen LogP contribution < -0.4 is 15.4 Å². The van der Waals surface area contributed by atoms with Crippen molar-refractivity contribution in [3.63, 3.8) is 0 Å². The second kappa shape index (κ2) is 8.33. The molecule has 35 heavy (non-hydrogen) atoms. The first kappa shape index (κ1) is 23.3. The summed E-state index contributed by atoms with van der Waals surface area (Å²) in [5, 5.41) is 19.9. The minimum absolute atomic E-state index is 0.0455. The van der Waals surface area contributed by atoms with E-state index in [2.05, 4.69) is 27.0 Å². The molecule has 1 aliphatic rings. The average Bonchev–Trinajstić information content (AvgIpc) is 3.48. The lowest BCUT2D eigenvalue weighted by Crippen LogP contribution is -2.41. The molecule has 0 unspecified atom stereocenters. The van der Waals surface area contributed by atoms with Crippen molar-refractivity contribution in [2.75, 3.05) is 24.3 Å². The number of aliphatic hydroxyl groups excluding tert-OH is 1. The molecule has 10 nitrogen and oxygen atoms in total. The molecule has 4 heterocycles. The van der Waals surface area contributed by atoms with Gasteiger partial charge >= 0.3 is 0 Å². The predicted molar refractivity (Wildman–Crippen MR) is 131 cm³/mol. The van der Waals surface area contributed by atoms with Crippen molar-refractivity contribution in [3.8, 4) is 5.75 Å². The van der Waals surface area contributed by atoms with Gasteiger partial charge in [-0.3, -0.25) is 4.68 Å². The number of nitrogens with zero attached hydrogens (tertiary/aromatic N) is 7. The summed E-state index contributed by atoms with van der Waals surface area (Å²) in [5.74, 6) is 0.710. The summed E-state index contributed by atoms with van der Waals surface area (Å²) in [5.41, 5.74) is 7.56. The lowest BCUT2D eigenvalue weighted by atomic mass is 9.92. The fourth-order valence-corrected chi connectivity index (χ4v) is 4.66. The molecule has 0 radical (unpaired) electrons. The van der Waals surface area contributed by atoms with E-state index in [1.807, 2.05) is 30.9 Å². The second-order valence-electron chi connectivity index (χ2n) is 9.93. The Kier molecular flexibility index (Phi) is 5.54. The van der Waals surface area contributed by atoms with Gasteiger partial charge in [-0.05, 0) is 46.6 Å². The molecule has 0 aliphatic carbocycles. The predicted octanol–water partition coefficient (Wildman–Crippen LogP) is 3.09. The third kappa shape index (κ3) is 3.83. The van der Waals surface area contributed by atoms with Crippen molar-refractivity contribution in [1.82, 2.24) is 29.4 Å². The number of hydrogen-bond donors (Lipinski definition) is 2. The molecule has 0 spiro atoms. The fraction of sp³-hybridized carbons (Fsp3) is 0.500. The van der Waals surface area contributed by atoms with Gasteiger partial charge in [-0.2, -0.15) is 9.61 Å². The number of benzene rings is 1. The van der Waals surface area contributed by atoms with Crippen LogP contribution in [0.5, 0.6) is 5.75 Å². The molecule has 1 fully saturated rings. The largest absolute Gasteiger partial charge is 0.494 e. The number of nitrogen functional groups attached to an aromatic ring is 1. The molecule has 1 aliphatic heterocycles. The van der Waals surface area contributed by atoms with E-state index in [4.69, 9.17) is 15.5 Å². The second-order valence-corrected chi connectivity index (χ2v) is 9.93. The number of rotatable bonds is 5. The zero-order chi connectivity index (χ0) is 25.1. The molecule has 0 amide bonds. The lowest BCUT2D eigenvalue weighted by molar-refractivity contribution is 0.0647. The first-order valence-electron chi connectivity index (χ1n) is 11.8. The number of ether oxygens (including phenoxy) is 1. The summed E-state index contributed by atoms with van der Waals surface area (Å²) < 4.78 is 22.9. The number of anilines is 2. The third-order valence-electron chi connectivity index (χ3n) is 7.33. The van der Waals surface area contributed by atoms with Crippen molar-refractivity contribution in [2.45, 2.75) is 64.1 Å². The van der Waals surface area contributed by atoms with Crippen LogP contribution in [0, 0.1) is 5.82 Å². The number of aromatic nitrogens is 6. The van der Waals surface area contributed by atoms with Crippen LogP contribution in [0.3, 0.4) is 0 Å². The Morgan fingerprint density at radius 3 is 2.74 bits per heavy atom. The van der Waals surface area contributed by atoms with Crippen molar-refractivity contribution < 1.29 is 14.2 Å². The van der Waals surface area contributed by atoms with Gasteiger partial charge in [-0.1, -0.05) is 0 Å². The number of piperidine rings is 1. The smallest absolute Gasteiger partial charge is 0.223 e. The van der Waals surface area contributed by atoms with Crippen LogP contribution in [0.25, 0.3) is 16.6 Å². The summed E-state index contributed by atoms with van der Waals surface area (Å²) in [6.07, 6.45) is 5.12. The number of fused-ring (bicyclic) bond motifs is 3. The maximum absolute atomic E-state index is 14.3. The van der Waals surface area contributed by atoms with Gasteiger partial charge < -0.3 is 20.5 Å². The summed E-state index contributed by atoms with van der Waals surface area (Å²) >= 11 is 0. The Morgan fingerprint density at radius 1 is 1.26 bits per heavy atom. The zero-order valence-electron chi connectivity index (χ0n) is 20.6. The zero-order valence-corrected chi connectivity index (χ0v) is 20.6. The van der Waals surface area contributed by atoms with Gasteiger partial charge in [0.15, 0.2) is 11.5 Å². The van der Waals surface area contributed by atoms with Crippen molar-refractivity contribution in [1.29, 1.82) is 0 Å². The van der Waals surface area contributed by atoms with Crippen LogP contribution in [-0.2, 0) is 5.54 Å². The van der Waals surface area contributed by atoms with E-state index in [0.717, 1.165) is 18.5 Å². The van der Waals surface area contributed by atoms with Gasteiger partial charge in [-0.15, -0.1) is 5.10 Å². The molecule has 186 valence electrons. The normalized spacial score (nSPS) is 20.0. The Bertz CT molecular complexity index is 1400. The Labute approximate surface area is 202 Å². The van der Waals surface area contributed by atoms with E-state index in [9.17, 15) is 9.50 Å². The minimum atomic E-state index is -0.554. The van der Waals surface area contributed by atoms with Gasteiger partial charge in [0.05, 0.1) is 36.0 Å². The first-order valence-corrected chi connectivity index (χ1v) is 11.8. The van der Waals surface area contributed by atoms with Crippen LogP contribution in [0.4, 0.5) is 16.0 Å². The van der Waals surface area contributed by atoms with Gasteiger partial charge in [0.1, 0.15) is 17.1 Å². The number of hydrogen-bond acceptors (Lipinski definition) is 8. The standard InChI is InChI=1S/C24H31FN8O2/c1-13-6-7-15(11-31(13)17-10-27-32(12-17)24(3,4)14(2)34)21-29-22-18-8-16(25)9-19(35-5)20(18)28-23(26)33(22)30-21/h8-10,12-15,34H,6-7,11H2,1-5H3,(H2,26,28)/t13-,14-,15+/m1/s1. The van der Waals surface area contributed by atoms with E-state index in [-0.39, 0.29) is 11.9 Å². The summed E-state index contributed by atoms with van der Waals surface area (Å²) in [7, 11) is 1.47. The first-order chi connectivity index (χ1) is 16.6. The molecule has 3 N–H and O–H groups in total. The van der Waals surface area contributed by atoms with E-state index in [0.29, 0.717) is 40.7 Å². The van der Waals surface area contributed by atoms with Crippen molar-refractivity contribution in [3.05, 3.63) is 36.2 Å². The summed E-state index contributed by atoms with van der Waals surface area (Å²) in [4.78, 5) is 11.5. The van der Waals surface area contributed by atoms with Crippen molar-refractivity contribution >= 4 is 28.2 Å². The molecule has 3 atom stereocenters. The summed E-state index contributed by atoms with van der Waals surface area (Å²) in [6, 6.07) is 2.97. The van der Waals surface area contributed by atoms with Crippen LogP contribution in [-0.4, -0.2) is 60.3 Å². The highest BCUT2D eigenvalue weighted by Gasteiger charge is 2.32. The average molecular weight is 483 g/mol. The SMILES string of the molecule is COc1cc(F)cc2c1nc(N)n1nc([C@H]3CC[C@@H](C)N(c4cnn(C(C)(C)[C@@H](C)O)c4)C3)nc21. The quantitative estimate of drug-likeness (QED) is 0.445. The molecular formula is C24H31FN8O2. The monoisotopic (exact) mass is 482 g/mol. The van der Waals surface area contributed by atoms with Crippen molar-refractivity contribution in [2.24, 2.45) is 0 Å². The molecule has 0 saturated carbocycles. The van der Waals surface area contributed by atoms with Gasteiger partial charge in [0, 0.05) is 30.8 Å². The highest BCUT2D eigenvalue weighted by Crippen LogP contribution is 2.35. The van der Waals surface area contributed by atoms with E-state index >= 15 is 0 Å². The summed E-state index contributed by atoms with van der Waals surface area (Å²) in [6.45, 7) is 8.56. The fourth-order valence-electron chi connectivity index (χ4n) is 4.66. The molecule has 0 bridgehead atoms.